The van der Waals surface area contributed by atoms with Crippen LogP contribution in [-0.4, -0.2) is 24.4 Å². The van der Waals surface area contributed by atoms with Crippen LogP contribution in [0.2, 0.25) is 0 Å². The second-order valence-electron chi connectivity index (χ2n) is 4.54. The molecule has 98 valence electrons. The number of aliphatic hydroxyl groups is 1. The molecule has 0 atom stereocenters. The van der Waals surface area contributed by atoms with Crippen LogP contribution in [-0.2, 0) is 13.7 Å². The Bertz CT molecular complexity index is 756. The van der Waals surface area contributed by atoms with Crippen LogP contribution >= 0.6 is 0 Å². The van der Waals surface area contributed by atoms with Crippen molar-refractivity contribution in [1.82, 2.24) is 19.3 Å². The average Bonchev–Trinajstić information content (AvgIpc) is 2.88. The minimum atomic E-state index is -0.136. The quantitative estimate of drug-likeness (QED) is 0.674. The highest BCUT2D eigenvalue weighted by Crippen LogP contribution is 2.24. The second kappa shape index (κ2) is 4.10. The van der Waals surface area contributed by atoms with Gasteiger partial charge >= 0.3 is 0 Å². The maximum absolute atomic E-state index is 9.51. The van der Waals surface area contributed by atoms with Crippen molar-refractivity contribution < 1.29 is 5.11 Å². The van der Waals surface area contributed by atoms with Crippen molar-refractivity contribution in [2.75, 3.05) is 5.73 Å². The maximum Gasteiger partial charge on any atom is 0.140 e. The summed E-state index contributed by atoms with van der Waals surface area (Å²) in [6.07, 6.45) is 1.91. The summed E-state index contributed by atoms with van der Waals surface area (Å²) in [7, 11) is 1.87. The lowest BCUT2D eigenvalue weighted by Gasteiger charge is -2.05. The number of aromatic nitrogens is 4. The summed E-state index contributed by atoms with van der Waals surface area (Å²) >= 11 is 0. The third-order valence-electron chi connectivity index (χ3n) is 3.12. The van der Waals surface area contributed by atoms with Crippen LogP contribution < -0.4 is 5.73 Å². The molecular formula is C13H15N5O. The Morgan fingerprint density at radius 3 is 2.79 bits per heavy atom. The largest absolute Gasteiger partial charge is 0.399 e. The van der Waals surface area contributed by atoms with Crippen molar-refractivity contribution in [3.8, 4) is 5.69 Å². The van der Waals surface area contributed by atoms with Gasteiger partial charge in [0.25, 0.3) is 0 Å². The fourth-order valence-electron chi connectivity index (χ4n) is 2.33. The zero-order valence-corrected chi connectivity index (χ0v) is 10.8. The number of benzene rings is 1. The summed E-state index contributed by atoms with van der Waals surface area (Å²) in [4.78, 5) is 4.41. The lowest BCUT2D eigenvalue weighted by atomic mass is 10.2. The monoisotopic (exact) mass is 257 g/mol. The fraction of sp³-hybridized carbons (Fsp3) is 0.231. The van der Waals surface area contributed by atoms with Crippen LogP contribution in [0, 0.1) is 6.92 Å². The standard InChI is InChI=1S/C13H15N5O/c1-8-12(6-17(2)16-8)18-11-4-3-9(14)5-10(11)15-13(18)7-19/h3-6,19H,7,14H2,1-2H3. The first-order chi connectivity index (χ1) is 9.10. The molecule has 2 heterocycles. The highest BCUT2D eigenvalue weighted by atomic mass is 16.3. The van der Waals surface area contributed by atoms with Gasteiger partial charge in [-0.3, -0.25) is 9.25 Å². The van der Waals surface area contributed by atoms with Gasteiger partial charge in [0.15, 0.2) is 0 Å². The molecule has 0 saturated carbocycles. The summed E-state index contributed by atoms with van der Waals surface area (Å²) in [5, 5.41) is 13.8. The summed E-state index contributed by atoms with van der Waals surface area (Å²) in [6.45, 7) is 1.79. The molecule has 0 unspecified atom stereocenters. The zero-order chi connectivity index (χ0) is 13.6. The van der Waals surface area contributed by atoms with Gasteiger partial charge < -0.3 is 10.8 Å². The SMILES string of the molecule is Cc1nn(C)cc1-n1c(CO)nc2cc(N)ccc21. The summed E-state index contributed by atoms with van der Waals surface area (Å²) in [5.41, 5.74) is 9.91. The van der Waals surface area contributed by atoms with E-state index in [2.05, 4.69) is 10.1 Å². The van der Waals surface area contributed by atoms with Gasteiger partial charge in [-0.2, -0.15) is 5.10 Å². The number of imidazole rings is 1. The van der Waals surface area contributed by atoms with E-state index in [1.54, 1.807) is 10.7 Å². The molecule has 6 heteroatoms. The Kier molecular flexibility index (Phi) is 2.53. The maximum atomic E-state index is 9.51. The predicted octanol–water partition coefficient (Wildman–Crippen LogP) is 1.14. The molecule has 0 fully saturated rings. The van der Waals surface area contributed by atoms with E-state index in [1.807, 2.05) is 36.9 Å². The number of fused-ring (bicyclic) bond motifs is 1. The normalized spacial score (nSPS) is 11.3. The molecule has 0 amide bonds. The average molecular weight is 257 g/mol. The number of aryl methyl sites for hydroxylation is 2. The smallest absolute Gasteiger partial charge is 0.140 e. The molecule has 0 aliphatic carbocycles. The van der Waals surface area contributed by atoms with E-state index in [4.69, 9.17) is 5.73 Å². The number of aliphatic hydroxyl groups excluding tert-OH is 1. The molecule has 0 aliphatic heterocycles. The van der Waals surface area contributed by atoms with Crippen LogP contribution in [0.1, 0.15) is 11.5 Å². The van der Waals surface area contributed by atoms with Gasteiger partial charge in [-0.1, -0.05) is 0 Å². The Balaban J connectivity index is 2.35. The van der Waals surface area contributed by atoms with Crippen molar-refractivity contribution in [1.29, 1.82) is 0 Å². The lowest BCUT2D eigenvalue weighted by molar-refractivity contribution is 0.270. The second-order valence-corrected chi connectivity index (χ2v) is 4.54. The first kappa shape index (κ1) is 11.7. The Morgan fingerprint density at radius 1 is 1.37 bits per heavy atom. The van der Waals surface area contributed by atoms with E-state index >= 15 is 0 Å². The number of hydrogen-bond donors (Lipinski definition) is 2. The number of rotatable bonds is 2. The molecule has 0 aliphatic rings. The van der Waals surface area contributed by atoms with Crippen LogP contribution in [0.4, 0.5) is 5.69 Å². The topological polar surface area (TPSA) is 81.9 Å². The van der Waals surface area contributed by atoms with E-state index in [0.29, 0.717) is 11.5 Å². The van der Waals surface area contributed by atoms with Crippen molar-refractivity contribution in [2.24, 2.45) is 7.05 Å². The highest BCUT2D eigenvalue weighted by Gasteiger charge is 2.15. The van der Waals surface area contributed by atoms with Crippen LogP contribution in [0.25, 0.3) is 16.7 Å². The molecule has 6 nitrogen and oxygen atoms in total. The summed E-state index contributed by atoms with van der Waals surface area (Å²) < 4.78 is 3.66. The summed E-state index contributed by atoms with van der Waals surface area (Å²) in [5.74, 6) is 0.580. The molecule has 1 aromatic carbocycles. The minimum absolute atomic E-state index is 0.136. The molecule has 19 heavy (non-hydrogen) atoms. The van der Waals surface area contributed by atoms with Crippen molar-refractivity contribution in [2.45, 2.75) is 13.5 Å². The third-order valence-corrected chi connectivity index (χ3v) is 3.12. The Hall–Kier alpha value is -2.34. The molecule has 3 rings (SSSR count). The lowest BCUT2D eigenvalue weighted by Crippen LogP contribution is -2.01. The number of nitrogens with zero attached hydrogens (tertiary/aromatic N) is 4. The van der Waals surface area contributed by atoms with Gasteiger partial charge in [0.2, 0.25) is 0 Å². The van der Waals surface area contributed by atoms with E-state index in [1.165, 1.54) is 0 Å². The molecule has 3 N–H and O–H groups in total. The first-order valence-electron chi connectivity index (χ1n) is 5.98. The zero-order valence-electron chi connectivity index (χ0n) is 10.8. The fourth-order valence-corrected chi connectivity index (χ4v) is 2.33. The van der Waals surface area contributed by atoms with Gasteiger partial charge in [0.05, 0.1) is 22.4 Å². The van der Waals surface area contributed by atoms with Crippen LogP contribution in [0.5, 0.6) is 0 Å². The number of anilines is 1. The molecule has 0 spiro atoms. The van der Waals surface area contributed by atoms with E-state index in [-0.39, 0.29) is 6.61 Å². The van der Waals surface area contributed by atoms with Crippen molar-refractivity contribution in [3.05, 3.63) is 35.9 Å². The van der Waals surface area contributed by atoms with E-state index < -0.39 is 0 Å². The molecule has 0 saturated heterocycles. The molecule has 2 aromatic heterocycles. The molecule has 0 bridgehead atoms. The minimum Gasteiger partial charge on any atom is -0.399 e. The third kappa shape index (κ3) is 1.77. The van der Waals surface area contributed by atoms with Crippen LogP contribution in [0.15, 0.2) is 24.4 Å². The number of nitrogens with two attached hydrogens (primary N) is 1. The van der Waals surface area contributed by atoms with Crippen LogP contribution in [0.3, 0.4) is 0 Å². The van der Waals surface area contributed by atoms with Crippen molar-refractivity contribution in [3.63, 3.8) is 0 Å². The van der Waals surface area contributed by atoms with Gasteiger partial charge in [0, 0.05) is 18.9 Å². The molecule has 0 radical (unpaired) electrons. The van der Waals surface area contributed by atoms with Gasteiger partial charge in [-0.05, 0) is 25.1 Å². The van der Waals surface area contributed by atoms with E-state index in [9.17, 15) is 5.11 Å². The molecule has 3 aromatic rings. The van der Waals surface area contributed by atoms with Gasteiger partial charge in [0.1, 0.15) is 12.4 Å². The number of nitrogen functional groups attached to an aromatic ring is 1. The number of hydrogen-bond acceptors (Lipinski definition) is 4. The van der Waals surface area contributed by atoms with Gasteiger partial charge in [-0.15, -0.1) is 0 Å². The van der Waals surface area contributed by atoms with Crippen molar-refractivity contribution >= 4 is 16.7 Å². The highest BCUT2D eigenvalue weighted by molar-refractivity contribution is 5.81. The van der Waals surface area contributed by atoms with E-state index in [0.717, 1.165) is 22.4 Å². The Morgan fingerprint density at radius 2 is 2.16 bits per heavy atom. The predicted molar refractivity (Wildman–Crippen MR) is 72.9 cm³/mol. The summed E-state index contributed by atoms with van der Waals surface area (Å²) in [6, 6.07) is 5.54. The Labute approximate surface area is 110 Å². The van der Waals surface area contributed by atoms with Gasteiger partial charge in [-0.25, -0.2) is 4.98 Å². The molecular weight excluding hydrogens is 242 g/mol. The first-order valence-corrected chi connectivity index (χ1v) is 5.98.